The van der Waals surface area contributed by atoms with Gasteiger partial charge in [-0.15, -0.1) is 0 Å². The highest BCUT2D eigenvalue weighted by molar-refractivity contribution is 5.69. The van der Waals surface area contributed by atoms with Gasteiger partial charge in [0.1, 0.15) is 0 Å². The molecule has 0 heterocycles. The summed E-state index contributed by atoms with van der Waals surface area (Å²) in [6.07, 6.45) is 0.894. The minimum atomic E-state index is -0.183. The molecular weight excluding hydrogens is 376 g/mol. The Morgan fingerprint density at radius 3 is 1.59 bits per heavy atom. The maximum atomic E-state index is 11.7. The van der Waals surface area contributed by atoms with Gasteiger partial charge in [0, 0.05) is 45.9 Å². The summed E-state index contributed by atoms with van der Waals surface area (Å²) in [5.74, 6) is -0.365. The van der Waals surface area contributed by atoms with E-state index in [-0.39, 0.29) is 18.0 Å². The largest absolute Gasteiger partial charge is 0.466 e. The van der Waals surface area contributed by atoms with Gasteiger partial charge in [-0.25, -0.2) is 0 Å². The SMILES string of the molecule is CCOCCN(CCC(=O)OCC)CCN(CCOC(C)C)CCC(=O)OCC. The third-order valence-corrected chi connectivity index (χ3v) is 4.22. The summed E-state index contributed by atoms with van der Waals surface area (Å²) in [5, 5.41) is 0. The van der Waals surface area contributed by atoms with Gasteiger partial charge in [0.05, 0.1) is 45.4 Å². The van der Waals surface area contributed by atoms with Crippen LogP contribution in [-0.2, 0) is 28.5 Å². The van der Waals surface area contributed by atoms with Gasteiger partial charge in [0.15, 0.2) is 0 Å². The molecule has 8 nitrogen and oxygen atoms in total. The quantitative estimate of drug-likeness (QED) is 0.233. The Bertz CT molecular complexity index is 420. The van der Waals surface area contributed by atoms with Crippen LogP contribution in [0.25, 0.3) is 0 Å². The molecule has 0 spiro atoms. The van der Waals surface area contributed by atoms with Crippen molar-refractivity contribution in [1.82, 2.24) is 9.80 Å². The van der Waals surface area contributed by atoms with Crippen molar-refractivity contribution in [3.63, 3.8) is 0 Å². The first-order valence-corrected chi connectivity index (χ1v) is 10.9. The molecule has 0 aliphatic heterocycles. The van der Waals surface area contributed by atoms with Gasteiger partial charge in [-0.1, -0.05) is 0 Å². The summed E-state index contributed by atoms with van der Waals surface area (Å²) in [4.78, 5) is 27.8. The van der Waals surface area contributed by atoms with Crippen LogP contribution in [0.1, 0.15) is 47.5 Å². The van der Waals surface area contributed by atoms with E-state index in [1.165, 1.54) is 0 Å². The van der Waals surface area contributed by atoms with Crippen molar-refractivity contribution in [2.75, 3.05) is 72.3 Å². The van der Waals surface area contributed by atoms with Crippen LogP contribution in [0.2, 0.25) is 0 Å². The standard InChI is InChI=1S/C21H42N2O6/c1-6-26-17-15-22(11-9-20(24)27-7-2)13-14-23(16-18-29-19(4)5)12-10-21(25)28-8-3/h19H,6-18H2,1-5H3. The number of rotatable bonds is 19. The van der Waals surface area contributed by atoms with Gasteiger partial charge < -0.3 is 18.9 Å². The molecule has 0 atom stereocenters. The number of ether oxygens (including phenoxy) is 4. The van der Waals surface area contributed by atoms with Crippen molar-refractivity contribution >= 4 is 11.9 Å². The molecule has 0 aliphatic rings. The van der Waals surface area contributed by atoms with Crippen molar-refractivity contribution in [3.05, 3.63) is 0 Å². The predicted molar refractivity (Wildman–Crippen MR) is 113 cm³/mol. The predicted octanol–water partition coefficient (Wildman–Crippen LogP) is 1.96. The van der Waals surface area contributed by atoms with Crippen molar-refractivity contribution in [2.45, 2.75) is 53.6 Å². The molecule has 0 saturated heterocycles. The molecule has 0 N–H and O–H groups in total. The Morgan fingerprint density at radius 2 is 1.17 bits per heavy atom. The molecular formula is C21H42N2O6. The zero-order valence-corrected chi connectivity index (χ0v) is 19.1. The van der Waals surface area contributed by atoms with E-state index in [4.69, 9.17) is 18.9 Å². The molecule has 0 radical (unpaired) electrons. The molecule has 0 aromatic rings. The Kier molecular flexibility index (Phi) is 18.0. The van der Waals surface area contributed by atoms with Crippen LogP contribution >= 0.6 is 0 Å². The lowest BCUT2D eigenvalue weighted by Crippen LogP contribution is -2.40. The topological polar surface area (TPSA) is 77.5 Å². The minimum Gasteiger partial charge on any atom is -0.466 e. The van der Waals surface area contributed by atoms with Crippen molar-refractivity contribution in [3.8, 4) is 0 Å². The summed E-state index contributed by atoms with van der Waals surface area (Å²) >= 11 is 0. The van der Waals surface area contributed by atoms with E-state index in [2.05, 4.69) is 9.80 Å². The molecule has 0 saturated carbocycles. The van der Waals surface area contributed by atoms with Crippen LogP contribution in [0, 0.1) is 0 Å². The maximum Gasteiger partial charge on any atom is 0.307 e. The molecule has 0 fully saturated rings. The Hall–Kier alpha value is -1.22. The average molecular weight is 419 g/mol. The second-order valence-electron chi connectivity index (χ2n) is 6.91. The van der Waals surface area contributed by atoms with Crippen LogP contribution in [0.5, 0.6) is 0 Å². The number of hydrogen-bond acceptors (Lipinski definition) is 8. The fraction of sp³-hybridized carbons (Fsp3) is 0.905. The Labute approximate surface area is 176 Å². The van der Waals surface area contributed by atoms with Crippen LogP contribution < -0.4 is 0 Å². The molecule has 0 bridgehead atoms. The highest BCUT2D eigenvalue weighted by atomic mass is 16.5. The van der Waals surface area contributed by atoms with Crippen molar-refractivity contribution in [2.24, 2.45) is 0 Å². The second-order valence-corrected chi connectivity index (χ2v) is 6.91. The lowest BCUT2D eigenvalue weighted by molar-refractivity contribution is -0.144. The molecule has 0 unspecified atom stereocenters. The zero-order valence-electron chi connectivity index (χ0n) is 19.1. The molecule has 0 aromatic heterocycles. The van der Waals surface area contributed by atoms with E-state index >= 15 is 0 Å². The van der Waals surface area contributed by atoms with E-state index in [0.717, 1.165) is 26.2 Å². The van der Waals surface area contributed by atoms with Crippen LogP contribution in [0.3, 0.4) is 0 Å². The third-order valence-electron chi connectivity index (χ3n) is 4.22. The van der Waals surface area contributed by atoms with Gasteiger partial charge in [-0.2, -0.15) is 0 Å². The summed E-state index contributed by atoms with van der Waals surface area (Å²) in [5.41, 5.74) is 0. The molecule has 0 aliphatic carbocycles. The summed E-state index contributed by atoms with van der Waals surface area (Å²) in [7, 11) is 0. The third kappa shape index (κ3) is 17.4. The molecule has 8 heteroatoms. The van der Waals surface area contributed by atoms with Gasteiger partial charge in [-0.05, 0) is 34.6 Å². The minimum absolute atomic E-state index is 0.175. The normalized spacial score (nSPS) is 11.4. The highest BCUT2D eigenvalue weighted by Gasteiger charge is 2.14. The van der Waals surface area contributed by atoms with Gasteiger partial charge in [-0.3, -0.25) is 19.4 Å². The average Bonchev–Trinajstić information content (AvgIpc) is 2.67. The van der Waals surface area contributed by atoms with E-state index in [0.29, 0.717) is 59.0 Å². The second kappa shape index (κ2) is 18.8. The van der Waals surface area contributed by atoms with Crippen molar-refractivity contribution in [1.29, 1.82) is 0 Å². The summed E-state index contributed by atoms with van der Waals surface area (Å²) < 4.78 is 21.2. The molecule has 0 rings (SSSR count). The Balaban J connectivity index is 4.63. The highest BCUT2D eigenvalue weighted by Crippen LogP contribution is 2.00. The van der Waals surface area contributed by atoms with Crippen molar-refractivity contribution < 1.29 is 28.5 Å². The van der Waals surface area contributed by atoms with Crippen LogP contribution in [0.4, 0.5) is 0 Å². The van der Waals surface area contributed by atoms with Gasteiger partial charge in [0.25, 0.3) is 0 Å². The summed E-state index contributed by atoms with van der Waals surface area (Å²) in [6.45, 7) is 16.6. The molecule has 172 valence electrons. The first-order valence-electron chi connectivity index (χ1n) is 10.9. The van der Waals surface area contributed by atoms with Crippen LogP contribution in [0.15, 0.2) is 0 Å². The summed E-state index contributed by atoms with van der Waals surface area (Å²) in [6, 6.07) is 0. The van der Waals surface area contributed by atoms with Gasteiger partial charge in [0.2, 0.25) is 0 Å². The lowest BCUT2D eigenvalue weighted by atomic mass is 10.3. The van der Waals surface area contributed by atoms with E-state index in [1.54, 1.807) is 0 Å². The molecule has 0 aromatic carbocycles. The fourth-order valence-corrected chi connectivity index (χ4v) is 2.67. The first-order chi connectivity index (χ1) is 13.9. The number of carbonyl (C=O) groups is 2. The molecule has 29 heavy (non-hydrogen) atoms. The van der Waals surface area contributed by atoms with E-state index in [1.807, 2.05) is 34.6 Å². The fourth-order valence-electron chi connectivity index (χ4n) is 2.67. The number of carbonyl (C=O) groups excluding carboxylic acids is 2. The van der Waals surface area contributed by atoms with E-state index in [9.17, 15) is 9.59 Å². The van der Waals surface area contributed by atoms with E-state index < -0.39 is 0 Å². The smallest absolute Gasteiger partial charge is 0.307 e. The monoisotopic (exact) mass is 418 g/mol. The first kappa shape index (κ1) is 27.8. The number of esters is 2. The maximum absolute atomic E-state index is 11.7. The number of nitrogens with zero attached hydrogens (tertiary/aromatic N) is 2. The lowest BCUT2D eigenvalue weighted by Gasteiger charge is -2.27. The molecule has 0 amide bonds. The zero-order chi connectivity index (χ0) is 21.9. The van der Waals surface area contributed by atoms with Crippen LogP contribution in [-0.4, -0.2) is 100 Å². The van der Waals surface area contributed by atoms with Gasteiger partial charge >= 0.3 is 11.9 Å². The Morgan fingerprint density at radius 1 is 0.690 bits per heavy atom. The number of hydrogen-bond donors (Lipinski definition) is 0.